The molecule has 0 aromatic heterocycles. The molecule has 1 aliphatic rings. The van der Waals surface area contributed by atoms with Crippen LogP contribution in [-0.2, 0) is 16.6 Å². The van der Waals surface area contributed by atoms with E-state index in [1.165, 1.54) is 17.5 Å². The molecule has 0 atom stereocenters. The van der Waals surface area contributed by atoms with Crippen LogP contribution in [0.3, 0.4) is 0 Å². The second-order valence-corrected chi connectivity index (χ2v) is 9.83. The van der Waals surface area contributed by atoms with E-state index in [4.69, 9.17) is 9.47 Å². The first-order chi connectivity index (χ1) is 15.4. The van der Waals surface area contributed by atoms with Gasteiger partial charge in [-0.1, -0.05) is 25.0 Å². The Balaban J connectivity index is 1.82. The first-order valence-corrected chi connectivity index (χ1v) is 12.5. The van der Waals surface area contributed by atoms with E-state index in [0.29, 0.717) is 31.8 Å². The fourth-order valence-corrected chi connectivity index (χ4v) is 5.55. The van der Waals surface area contributed by atoms with Gasteiger partial charge in [0.25, 0.3) is 5.91 Å². The number of sulfonamides is 1. The summed E-state index contributed by atoms with van der Waals surface area (Å²) in [5, 5.41) is 0. The quantitative estimate of drug-likeness (QED) is 0.597. The fraction of sp³-hybridized carbons (Fsp3) is 0.458. The van der Waals surface area contributed by atoms with Gasteiger partial charge in [-0.3, -0.25) is 4.79 Å². The normalized spacial score (nSPS) is 15.1. The van der Waals surface area contributed by atoms with Crippen LogP contribution in [0.2, 0.25) is 0 Å². The van der Waals surface area contributed by atoms with E-state index in [1.54, 1.807) is 24.1 Å². The lowest BCUT2D eigenvalue weighted by Crippen LogP contribution is -2.32. The number of nitrogens with zero attached hydrogens (tertiary/aromatic N) is 2. The van der Waals surface area contributed by atoms with Crippen molar-refractivity contribution >= 4 is 15.9 Å². The molecule has 7 nitrogen and oxygen atoms in total. The molecular formula is C24H32N2O5S. The Hall–Kier alpha value is -2.58. The van der Waals surface area contributed by atoms with Crippen molar-refractivity contribution in [3.63, 3.8) is 0 Å². The number of ether oxygens (including phenoxy) is 2. The monoisotopic (exact) mass is 460 g/mol. The van der Waals surface area contributed by atoms with Crippen LogP contribution in [0, 0.1) is 0 Å². The zero-order valence-corrected chi connectivity index (χ0v) is 19.9. The van der Waals surface area contributed by atoms with Gasteiger partial charge in [-0.25, -0.2) is 8.42 Å². The minimum Gasteiger partial charge on any atom is -0.495 e. The SMILES string of the molecule is CCOc1ccc(CN(C)C(=O)c2ccc(OC)c(S(=O)(=O)N3CCCCCC3)c2)cc1. The number of methoxy groups -OCH3 is 1. The van der Waals surface area contributed by atoms with Gasteiger partial charge in [-0.15, -0.1) is 0 Å². The lowest BCUT2D eigenvalue weighted by molar-refractivity contribution is 0.0785. The minimum atomic E-state index is -3.76. The summed E-state index contributed by atoms with van der Waals surface area (Å²) < 4.78 is 39.0. The van der Waals surface area contributed by atoms with E-state index < -0.39 is 10.0 Å². The maximum atomic E-state index is 13.3. The van der Waals surface area contributed by atoms with Gasteiger partial charge >= 0.3 is 0 Å². The van der Waals surface area contributed by atoms with Crippen LogP contribution in [0.5, 0.6) is 11.5 Å². The van der Waals surface area contributed by atoms with E-state index in [0.717, 1.165) is 37.0 Å². The molecule has 0 radical (unpaired) electrons. The second kappa shape index (κ2) is 10.8. The van der Waals surface area contributed by atoms with Crippen molar-refractivity contribution in [1.29, 1.82) is 0 Å². The molecule has 32 heavy (non-hydrogen) atoms. The van der Waals surface area contributed by atoms with E-state index in [2.05, 4.69) is 0 Å². The molecule has 0 saturated carbocycles. The Morgan fingerprint density at radius 1 is 1.03 bits per heavy atom. The number of amides is 1. The van der Waals surface area contributed by atoms with Crippen LogP contribution in [0.4, 0.5) is 0 Å². The van der Waals surface area contributed by atoms with Gasteiger partial charge < -0.3 is 14.4 Å². The number of carbonyl (C=O) groups excluding carboxylic acids is 1. The van der Waals surface area contributed by atoms with E-state index in [9.17, 15) is 13.2 Å². The number of hydrogen-bond donors (Lipinski definition) is 0. The fourth-order valence-electron chi connectivity index (χ4n) is 3.86. The third-order valence-electron chi connectivity index (χ3n) is 5.59. The molecule has 1 fully saturated rings. The lowest BCUT2D eigenvalue weighted by atomic mass is 10.1. The zero-order valence-electron chi connectivity index (χ0n) is 19.0. The maximum absolute atomic E-state index is 13.3. The Morgan fingerprint density at radius 3 is 2.28 bits per heavy atom. The summed E-state index contributed by atoms with van der Waals surface area (Å²) in [5.74, 6) is 0.776. The number of benzene rings is 2. The van der Waals surface area contributed by atoms with Crippen molar-refractivity contribution in [2.24, 2.45) is 0 Å². The highest BCUT2D eigenvalue weighted by atomic mass is 32.2. The highest BCUT2D eigenvalue weighted by Crippen LogP contribution is 2.30. The molecule has 1 aliphatic heterocycles. The molecule has 3 rings (SSSR count). The molecule has 2 aromatic carbocycles. The van der Waals surface area contributed by atoms with Gasteiger partial charge in [0.1, 0.15) is 16.4 Å². The molecule has 2 aromatic rings. The average Bonchev–Trinajstić information content (AvgIpc) is 3.10. The van der Waals surface area contributed by atoms with Gasteiger partial charge in [0.05, 0.1) is 13.7 Å². The molecule has 8 heteroatoms. The summed E-state index contributed by atoms with van der Waals surface area (Å²) in [5.41, 5.74) is 1.27. The van der Waals surface area contributed by atoms with Crippen LogP contribution in [0.1, 0.15) is 48.5 Å². The molecule has 1 saturated heterocycles. The molecule has 0 spiro atoms. The molecule has 0 bridgehead atoms. The van der Waals surface area contributed by atoms with Crippen LogP contribution in [-0.4, -0.2) is 57.4 Å². The van der Waals surface area contributed by atoms with Crippen LogP contribution < -0.4 is 9.47 Å². The Morgan fingerprint density at radius 2 is 1.69 bits per heavy atom. The summed E-state index contributed by atoms with van der Waals surface area (Å²) in [6.45, 7) is 3.89. The van der Waals surface area contributed by atoms with Crippen LogP contribution >= 0.6 is 0 Å². The topological polar surface area (TPSA) is 76.1 Å². The van der Waals surface area contributed by atoms with Gasteiger partial charge in [0, 0.05) is 32.2 Å². The van der Waals surface area contributed by atoms with Crippen molar-refractivity contribution in [2.75, 3.05) is 33.9 Å². The summed E-state index contributed by atoms with van der Waals surface area (Å²) in [6, 6.07) is 12.2. The Labute approximate surface area is 191 Å². The predicted molar refractivity (Wildman–Crippen MR) is 124 cm³/mol. The maximum Gasteiger partial charge on any atom is 0.253 e. The van der Waals surface area contributed by atoms with Crippen molar-refractivity contribution in [3.05, 3.63) is 53.6 Å². The highest BCUT2D eigenvalue weighted by Gasteiger charge is 2.29. The third kappa shape index (κ3) is 5.61. The number of hydrogen-bond acceptors (Lipinski definition) is 5. The van der Waals surface area contributed by atoms with Crippen molar-refractivity contribution in [3.8, 4) is 11.5 Å². The first kappa shape index (κ1) is 24.1. The highest BCUT2D eigenvalue weighted by molar-refractivity contribution is 7.89. The summed E-state index contributed by atoms with van der Waals surface area (Å²) in [4.78, 5) is 14.7. The smallest absolute Gasteiger partial charge is 0.253 e. The Bertz CT molecular complexity index is 1010. The van der Waals surface area contributed by atoms with E-state index in [-0.39, 0.29) is 16.6 Å². The van der Waals surface area contributed by atoms with Gasteiger partial charge in [-0.05, 0) is 55.7 Å². The van der Waals surface area contributed by atoms with Gasteiger partial charge in [-0.2, -0.15) is 4.31 Å². The number of rotatable bonds is 8. The summed E-state index contributed by atoms with van der Waals surface area (Å²) in [7, 11) is -0.614. The standard InChI is InChI=1S/C24H32N2O5S/c1-4-31-21-12-9-19(10-13-21)18-25(2)24(27)20-11-14-22(30-3)23(17-20)32(28,29)26-15-7-5-6-8-16-26/h9-14,17H,4-8,15-16,18H2,1-3H3. The first-order valence-electron chi connectivity index (χ1n) is 11.0. The number of carbonyl (C=O) groups is 1. The molecule has 0 N–H and O–H groups in total. The molecule has 0 aliphatic carbocycles. The van der Waals surface area contributed by atoms with Gasteiger partial charge in [0.15, 0.2) is 0 Å². The van der Waals surface area contributed by atoms with Crippen LogP contribution in [0.15, 0.2) is 47.4 Å². The third-order valence-corrected chi connectivity index (χ3v) is 7.51. The van der Waals surface area contributed by atoms with Gasteiger partial charge in [0.2, 0.25) is 10.0 Å². The minimum absolute atomic E-state index is 0.0437. The largest absolute Gasteiger partial charge is 0.495 e. The zero-order chi connectivity index (χ0) is 23.1. The lowest BCUT2D eigenvalue weighted by Gasteiger charge is -2.22. The van der Waals surface area contributed by atoms with E-state index in [1.807, 2.05) is 31.2 Å². The van der Waals surface area contributed by atoms with Crippen molar-refractivity contribution < 1.29 is 22.7 Å². The predicted octanol–water partition coefficient (Wildman–Crippen LogP) is 3.93. The summed E-state index contributed by atoms with van der Waals surface area (Å²) >= 11 is 0. The Kier molecular flexibility index (Phi) is 8.15. The second-order valence-electron chi connectivity index (χ2n) is 7.92. The molecule has 1 heterocycles. The molecule has 1 amide bonds. The summed E-state index contributed by atoms with van der Waals surface area (Å²) in [6.07, 6.45) is 3.73. The van der Waals surface area contributed by atoms with Crippen molar-refractivity contribution in [2.45, 2.75) is 44.0 Å². The molecule has 0 unspecified atom stereocenters. The molecule has 174 valence electrons. The molecular weight excluding hydrogens is 428 g/mol. The average molecular weight is 461 g/mol. The van der Waals surface area contributed by atoms with Crippen LogP contribution in [0.25, 0.3) is 0 Å². The van der Waals surface area contributed by atoms with Crippen molar-refractivity contribution in [1.82, 2.24) is 9.21 Å². The van der Waals surface area contributed by atoms with E-state index >= 15 is 0 Å².